The number of hydrogen-bond donors (Lipinski definition) is 2. The molecule has 1 aliphatic carbocycles. The molecule has 2 N–H and O–H groups in total. The SMILES string of the molecule is CC(C)CNC(=O)[C@H]1CCCN(C(=O)c2ccc(NS(=O)(=O)c3ccc4c(c3)CCCC4)cc2)C1. The zero-order chi connectivity index (χ0) is 25.0. The molecule has 7 nitrogen and oxygen atoms in total. The van der Waals surface area contributed by atoms with Crippen LogP contribution in [0.3, 0.4) is 0 Å². The molecule has 2 aliphatic rings. The van der Waals surface area contributed by atoms with Gasteiger partial charge >= 0.3 is 0 Å². The summed E-state index contributed by atoms with van der Waals surface area (Å²) < 4.78 is 28.5. The molecule has 1 fully saturated rings. The molecule has 8 heteroatoms. The molecule has 0 unspecified atom stereocenters. The average molecular weight is 498 g/mol. The predicted octanol–water partition coefficient (Wildman–Crippen LogP) is 3.99. The van der Waals surface area contributed by atoms with Crippen molar-refractivity contribution in [1.29, 1.82) is 0 Å². The number of rotatable bonds is 7. The van der Waals surface area contributed by atoms with Gasteiger partial charge in [-0.05, 0) is 92.0 Å². The monoisotopic (exact) mass is 497 g/mol. The van der Waals surface area contributed by atoms with Crippen LogP contribution in [0.25, 0.3) is 0 Å². The van der Waals surface area contributed by atoms with Crippen molar-refractivity contribution >= 4 is 27.5 Å². The molecule has 2 amide bonds. The van der Waals surface area contributed by atoms with Gasteiger partial charge in [-0.3, -0.25) is 14.3 Å². The Morgan fingerprint density at radius 3 is 2.43 bits per heavy atom. The number of aryl methyl sites for hydroxylation is 2. The number of carbonyl (C=O) groups is 2. The smallest absolute Gasteiger partial charge is 0.261 e. The van der Waals surface area contributed by atoms with Crippen molar-refractivity contribution in [1.82, 2.24) is 10.2 Å². The Bertz CT molecular complexity index is 1180. The normalized spacial score (nSPS) is 18.1. The molecule has 0 aromatic heterocycles. The van der Waals surface area contributed by atoms with Gasteiger partial charge in [-0.15, -0.1) is 0 Å². The third-order valence-corrected chi connectivity index (χ3v) is 8.16. The lowest BCUT2D eigenvalue weighted by Crippen LogP contribution is -2.46. The van der Waals surface area contributed by atoms with Gasteiger partial charge in [-0.1, -0.05) is 19.9 Å². The van der Waals surface area contributed by atoms with Crippen molar-refractivity contribution in [2.24, 2.45) is 11.8 Å². The van der Waals surface area contributed by atoms with E-state index in [-0.39, 0.29) is 22.6 Å². The molecule has 0 saturated carbocycles. The molecule has 188 valence electrons. The van der Waals surface area contributed by atoms with Crippen molar-refractivity contribution < 1.29 is 18.0 Å². The molecule has 35 heavy (non-hydrogen) atoms. The predicted molar refractivity (Wildman–Crippen MR) is 137 cm³/mol. The van der Waals surface area contributed by atoms with Gasteiger partial charge in [0.1, 0.15) is 0 Å². The van der Waals surface area contributed by atoms with Crippen LogP contribution in [0.4, 0.5) is 5.69 Å². The number of nitrogens with one attached hydrogen (secondary N) is 2. The van der Waals surface area contributed by atoms with Crippen LogP contribution in [0.15, 0.2) is 47.4 Å². The number of piperidine rings is 1. The Morgan fingerprint density at radius 2 is 1.71 bits per heavy atom. The molecular weight excluding hydrogens is 462 g/mol. The fourth-order valence-corrected chi connectivity index (χ4v) is 5.89. The topological polar surface area (TPSA) is 95.6 Å². The van der Waals surface area contributed by atoms with E-state index in [0.29, 0.717) is 36.8 Å². The maximum atomic E-state index is 13.0. The van der Waals surface area contributed by atoms with Gasteiger partial charge in [-0.2, -0.15) is 0 Å². The minimum absolute atomic E-state index is 0.00290. The van der Waals surface area contributed by atoms with Crippen LogP contribution in [0.1, 0.15) is 61.0 Å². The van der Waals surface area contributed by atoms with E-state index >= 15 is 0 Å². The molecule has 1 atom stereocenters. The molecule has 1 saturated heterocycles. The van der Waals surface area contributed by atoms with E-state index in [1.54, 1.807) is 41.3 Å². The molecule has 2 aromatic carbocycles. The summed E-state index contributed by atoms with van der Waals surface area (Å²) in [6.45, 7) is 5.74. The van der Waals surface area contributed by atoms with E-state index in [1.165, 1.54) is 5.56 Å². The maximum Gasteiger partial charge on any atom is 0.261 e. The molecule has 0 bridgehead atoms. The maximum absolute atomic E-state index is 13.0. The summed E-state index contributed by atoms with van der Waals surface area (Å²) in [5.74, 6) is 0.0381. The van der Waals surface area contributed by atoms with Gasteiger partial charge in [0.05, 0.1) is 10.8 Å². The molecular formula is C27H35N3O4S. The minimum atomic E-state index is -3.72. The third-order valence-electron chi connectivity index (χ3n) is 6.78. The second kappa shape index (κ2) is 10.8. The standard InChI is InChI=1S/C27H35N3O4S/c1-19(2)17-28-26(31)23-8-5-15-30(18-23)27(32)21-9-12-24(13-10-21)29-35(33,34)25-14-11-20-6-3-4-7-22(20)16-25/h9-14,16,19,23,29H,3-8,15,17-18H2,1-2H3,(H,28,31)/t23-/m0/s1. The van der Waals surface area contributed by atoms with Crippen molar-refractivity contribution in [2.75, 3.05) is 24.4 Å². The Morgan fingerprint density at radius 1 is 1.00 bits per heavy atom. The number of fused-ring (bicyclic) bond motifs is 1. The summed E-state index contributed by atoms with van der Waals surface area (Å²) in [6, 6.07) is 11.8. The highest BCUT2D eigenvalue weighted by atomic mass is 32.2. The van der Waals surface area contributed by atoms with Gasteiger partial charge in [0, 0.05) is 30.9 Å². The highest BCUT2D eigenvalue weighted by Gasteiger charge is 2.29. The van der Waals surface area contributed by atoms with E-state index < -0.39 is 10.0 Å². The zero-order valence-corrected chi connectivity index (χ0v) is 21.4. The molecule has 0 radical (unpaired) electrons. The first-order valence-electron chi connectivity index (χ1n) is 12.5. The first kappa shape index (κ1) is 25.2. The Labute approximate surface area is 208 Å². The lowest BCUT2D eigenvalue weighted by molar-refractivity contribution is -0.126. The quantitative estimate of drug-likeness (QED) is 0.605. The number of carbonyl (C=O) groups excluding carboxylic acids is 2. The van der Waals surface area contributed by atoms with Crippen LogP contribution in [0.2, 0.25) is 0 Å². The number of hydrogen-bond acceptors (Lipinski definition) is 4. The van der Waals surface area contributed by atoms with Crippen LogP contribution in [0, 0.1) is 11.8 Å². The van der Waals surface area contributed by atoms with Crippen LogP contribution >= 0.6 is 0 Å². The summed E-state index contributed by atoms with van der Waals surface area (Å²) in [6.07, 6.45) is 5.69. The van der Waals surface area contributed by atoms with Crippen molar-refractivity contribution in [3.8, 4) is 0 Å². The molecule has 4 rings (SSSR count). The Hall–Kier alpha value is -2.87. The zero-order valence-electron chi connectivity index (χ0n) is 20.5. The average Bonchev–Trinajstić information content (AvgIpc) is 2.87. The largest absolute Gasteiger partial charge is 0.356 e. The first-order valence-corrected chi connectivity index (χ1v) is 14.0. The molecule has 1 heterocycles. The van der Waals surface area contributed by atoms with E-state index in [4.69, 9.17) is 0 Å². The van der Waals surface area contributed by atoms with Crippen molar-refractivity contribution in [3.05, 3.63) is 59.2 Å². The lowest BCUT2D eigenvalue weighted by Gasteiger charge is -2.32. The minimum Gasteiger partial charge on any atom is -0.356 e. The second-order valence-corrected chi connectivity index (χ2v) is 11.7. The fraction of sp³-hybridized carbons (Fsp3) is 0.481. The Kier molecular flexibility index (Phi) is 7.79. The van der Waals surface area contributed by atoms with Crippen LogP contribution < -0.4 is 10.0 Å². The molecule has 1 aliphatic heterocycles. The molecule has 2 aromatic rings. The van der Waals surface area contributed by atoms with Crippen LogP contribution in [0.5, 0.6) is 0 Å². The van der Waals surface area contributed by atoms with Gasteiger partial charge in [0.2, 0.25) is 5.91 Å². The summed E-state index contributed by atoms with van der Waals surface area (Å²) in [5.41, 5.74) is 3.22. The number of nitrogens with zero attached hydrogens (tertiary/aromatic N) is 1. The third kappa shape index (κ3) is 6.23. The fourth-order valence-electron chi connectivity index (χ4n) is 4.78. The summed E-state index contributed by atoms with van der Waals surface area (Å²) >= 11 is 0. The Balaban J connectivity index is 1.39. The summed E-state index contributed by atoms with van der Waals surface area (Å²) in [4.78, 5) is 27.5. The number of likely N-dealkylation sites (tertiary alicyclic amines) is 1. The van der Waals surface area contributed by atoms with E-state index in [0.717, 1.165) is 44.1 Å². The highest BCUT2D eigenvalue weighted by Crippen LogP contribution is 2.26. The van der Waals surface area contributed by atoms with Crippen molar-refractivity contribution in [2.45, 2.75) is 57.3 Å². The van der Waals surface area contributed by atoms with E-state index in [2.05, 4.69) is 10.0 Å². The highest BCUT2D eigenvalue weighted by molar-refractivity contribution is 7.92. The lowest BCUT2D eigenvalue weighted by atomic mass is 9.92. The summed E-state index contributed by atoms with van der Waals surface area (Å²) in [5, 5.41) is 2.97. The number of benzene rings is 2. The van der Waals surface area contributed by atoms with E-state index in [1.807, 2.05) is 19.9 Å². The van der Waals surface area contributed by atoms with Crippen LogP contribution in [-0.4, -0.2) is 44.8 Å². The van der Waals surface area contributed by atoms with Crippen LogP contribution in [-0.2, 0) is 27.7 Å². The van der Waals surface area contributed by atoms with Gasteiger partial charge in [0.15, 0.2) is 0 Å². The van der Waals surface area contributed by atoms with Gasteiger partial charge in [-0.25, -0.2) is 8.42 Å². The van der Waals surface area contributed by atoms with Gasteiger partial charge < -0.3 is 10.2 Å². The van der Waals surface area contributed by atoms with Gasteiger partial charge in [0.25, 0.3) is 15.9 Å². The number of sulfonamides is 1. The number of amides is 2. The summed E-state index contributed by atoms with van der Waals surface area (Å²) in [7, 11) is -3.72. The first-order chi connectivity index (χ1) is 16.7. The van der Waals surface area contributed by atoms with E-state index in [9.17, 15) is 18.0 Å². The van der Waals surface area contributed by atoms with Crippen molar-refractivity contribution in [3.63, 3.8) is 0 Å². The molecule has 0 spiro atoms. The number of anilines is 1. The second-order valence-electron chi connectivity index (χ2n) is 10.0.